The Balaban J connectivity index is 1.47. The van der Waals surface area contributed by atoms with E-state index in [0.29, 0.717) is 23.9 Å². The van der Waals surface area contributed by atoms with Crippen LogP contribution >= 0.6 is 11.3 Å². The first-order chi connectivity index (χ1) is 13.3. The van der Waals surface area contributed by atoms with Gasteiger partial charge in [0.05, 0.1) is 10.2 Å². The largest absolute Gasteiger partial charge is 0.325 e. The van der Waals surface area contributed by atoms with Gasteiger partial charge >= 0.3 is 6.03 Å². The van der Waals surface area contributed by atoms with Gasteiger partial charge in [0.25, 0.3) is 5.91 Å². The van der Waals surface area contributed by atoms with Crippen molar-refractivity contribution < 1.29 is 14.4 Å². The number of aryl methyl sites for hydroxylation is 2. The lowest BCUT2D eigenvalue weighted by molar-refractivity contribution is -0.135. The summed E-state index contributed by atoms with van der Waals surface area (Å²) in [6, 6.07) is 3.55. The summed E-state index contributed by atoms with van der Waals surface area (Å²) in [5.41, 5.74) is 2.18. The average molecular weight is 401 g/mol. The van der Waals surface area contributed by atoms with Gasteiger partial charge < -0.3 is 10.6 Å². The first-order valence-electron chi connectivity index (χ1n) is 9.60. The van der Waals surface area contributed by atoms with Gasteiger partial charge in [0.15, 0.2) is 5.13 Å². The van der Waals surface area contributed by atoms with Gasteiger partial charge in [-0.2, -0.15) is 0 Å². The van der Waals surface area contributed by atoms with Crippen molar-refractivity contribution in [2.45, 2.75) is 52.0 Å². The number of carbonyl (C=O) groups is 3. The summed E-state index contributed by atoms with van der Waals surface area (Å²) in [4.78, 5) is 43.3. The Morgan fingerprint density at radius 3 is 2.64 bits per heavy atom. The Kier molecular flexibility index (Phi) is 4.61. The maximum Gasteiger partial charge on any atom is 0.325 e. The lowest BCUT2D eigenvalue weighted by Crippen LogP contribution is -2.49. The van der Waals surface area contributed by atoms with E-state index < -0.39 is 17.5 Å². The number of nitrogens with one attached hydrogen (secondary N) is 2. The molecule has 2 aliphatic rings. The van der Waals surface area contributed by atoms with E-state index in [1.807, 2.05) is 26.0 Å². The first-order valence-corrected chi connectivity index (χ1v) is 10.4. The molecule has 148 valence electrons. The number of fused-ring (bicyclic) bond motifs is 1. The molecule has 4 amide bonds. The third-order valence-corrected chi connectivity index (χ3v) is 6.97. The maximum atomic E-state index is 12.9. The maximum absolute atomic E-state index is 12.9. The zero-order valence-corrected chi connectivity index (χ0v) is 17.1. The number of hydrogen-bond acceptors (Lipinski definition) is 5. The lowest BCUT2D eigenvalue weighted by Gasteiger charge is -2.33. The van der Waals surface area contributed by atoms with Crippen molar-refractivity contribution in [3.63, 3.8) is 0 Å². The summed E-state index contributed by atoms with van der Waals surface area (Å²) in [6.45, 7) is 5.84. The van der Waals surface area contributed by atoms with Crippen LogP contribution in [0.4, 0.5) is 9.93 Å². The van der Waals surface area contributed by atoms with Gasteiger partial charge in [-0.3, -0.25) is 14.5 Å². The molecular formula is C20H24N4O3S. The highest BCUT2D eigenvalue weighted by Gasteiger charge is 2.52. The third kappa shape index (κ3) is 3.15. The van der Waals surface area contributed by atoms with Crippen LogP contribution in [-0.2, 0) is 9.59 Å². The molecule has 2 fully saturated rings. The molecule has 2 N–H and O–H groups in total. The molecule has 2 heterocycles. The smallest absolute Gasteiger partial charge is 0.323 e. The fourth-order valence-corrected chi connectivity index (χ4v) is 5.06. The third-order valence-electron chi connectivity index (χ3n) is 5.86. The van der Waals surface area contributed by atoms with Gasteiger partial charge in [0.1, 0.15) is 12.1 Å². The van der Waals surface area contributed by atoms with Crippen LogP contribution in [0, 0.1) is 19.8 Å². The summed E-state index contributed by atoms with van der Waals surface area (Å²) in [5.74, 6) is -0.145. The fraction of sp³-hybridized carbons (Fsp3) is 0.500. The molecule has 1 aliphatic heterocycles. The topological polar surface area (TPSA) is 91.4 Å². The Hall–Kier alpha value is -2.48. The van der Waals surface area contributed by atoms with E-state index in [9.17, 15) is 14.4 Å². The number of thiazole rings is 1. The number of urea groups is 1. The van der Waals surface area contributed by atoms with Crippen molar-refractivity contribution in [1.82, 2.24) is 15.2 Å². The van der Waals surface area contributed by atoms with E-state index in [-0.39, 0.29) is 12.5 Å². The van der Waals surface area contributed by atoms with Crippen molar-refractivity contribution in [3.05, 3.63) is 23.3 Å². The van der Waals surface area contributed by atoms with Gasteiger partial charge in [-0.1, -0.05) is 30.4 Å². The highest BCUT2D eigenvalue weighted by atomic mass is 32.1. The molecule has 1 aliphatic carbocycles. The number of anilines is 1. The Morgan fingerprint density at radius 1 is 1.29 bits per heavy atom. The molecule has 0 radical (unpaired) electrons. The molecule has 1 aromatic carbocycles. The number of aromatic nitrogens is 1. The van der Waals surface area contributed by atoms with Crippen molar-refractivity contribution in [2.24, 2.45) is 5.92 Å². The van der Waals surface area contributed by atoms with Crippen LogP contribution in [0.2, 0.25) is 0 Å². The number of benzene rings is 1. The average Bonchev–Trinajstić information content (AvgIpc) is 3.17. The second-order valence-electron chi connectivity index (χ2n) is 8.03. The molecular weight excluding hydrogens is 376 g/mol. The summed E-state index contributed by atoms with van der Waals surface area (Å²) < 4.78 is 1.03. The summed E-state index contributed by atoms with van der Waals surface area (Å²) >= 11 is 1.40. The first kappa shape index (κ1) is 18.9. The summed E-state index contributed by atoms with van der Waals surface area (Å²) in [5, 5.41) is 6.06. The molecule has 0 unspecified atom stereocenters. The SMILES string of the molecule is Cc1ccc(C)c2sc(NC(=O)CN3C(=O)NC4(CCC(C)CC4)C3=O)nc12. The minimum absolute atomic E-state index is 0.282. The number of carbonyl (C=O) groups excluding carboxylic acids is 3. The van der Waals surface area contributed by atoms with E-state index in [1.165, 1.54) is 11.3 Å². The number of hydrogen-bond donors (Lipinski definition) is 2. The number of rotatable bonds is 3. The van der Waals surface area contributed by atoms with Crippen molar-refractivity contribution in [1.29, 1.82) is 0 Å². The predicted molar refractivity (Wildman–Crippen MR) is 108 cm³/mol. The monoisotopic (exact) mass is 400 g/mol. The van der Waals surface area contributed by atoms with Crippen LogP contribution in [-0.4, -0.2) is 39.8 Å². The predicted octanol–water partition coefficient (Wildman–Crippen LogP) is 3.35. The zero-order chi connectivity index (χ0) is 20.1. The molecule has 28 heavy (non-hydrogen) atoms. The Labute approximate surface area is 167 Å². The molecule has 2 aromatic rings. The minimum atomic E-state index is -0.825. The minimum Gasteiger partial charge on any atom is -0.323 e. The Bertz CT molecular complexity index is 936. The van der Waals surface area contributed by atoms with E-state index in [2.05, 4.69) is 22.5 Å². The highest BCUT2D eigenvalue weighted by molar-refractivity contribution is 7.22. The van der Waals surface area contributed by atoms with Crippen LogP contribution in [0.5, 0.6) is 0 Å². The van der Waals surface area contributed by atoms with Crippen molar-refractivity contribution in [2.75, 3.05) is 11.9 Å². The standard InChI is InChI=1S/C20H24N4O3S/c1-11-6-8-20(9-7-11)17(26)24(19(27)23-20)10-14(25)21-18-22-15-12(2)4-5-13(3)16(15)28-18/h4-5,11H,6-10H2,1-3H3,(H,23,27)(H,21,22,25). The van der Waals surface area contributed by atoms with E-state index in [4.69, 9.17) is 0 Å². The molecule has 1 aromatic heterocycles. The Morgan fingerprint density at radius 2 is 1.96 bits per heavy atom. The molecule has 1 spiro atoms. The summed E-state index contributed by atoms with van der Waals surface area (Å²) in [7, 11) is 0. The van der Waals surface area contributed by atoms with Crippen LogP contribution < -0.4 is 10.6 Å². The molecule has 7 nitrogen and oxygen atoms in total. The van der Waals surface area contributed by atoms with Crippen LogP contribution in [0.25, 0.3) is 10.2 Å². The molecule has 8 heteroatoms. The van der Waals surface area contributed by atoms with E-state index in [0.717, 1.165) is 39.1 Å². The molecule has 1 saturated carbocycles. The normalized spacial score (nSPS) is 24.8. The van der Waals surface area contributed by atoms with Crippen LogP contribution in [0.3, 0.4) is 0 Å². The quantitative estimate of drug-likeness (QED) is 0.773. The van der Waals surface area contributed by atoms with Crippen molar-refractivity contribution in [3.8, 4) is 0 Å². The molecule has 1 saturated heterocycles. The molecule has 0 bridgehead atoms. The number of nitrogens with zero attached hydrogens (tertiary/aromatic N) is 2. The zero-order valence-electron chi connectivity index (χ0n) is 16.3. The number of imide groups is 1. The van der Waals surface area contributed by atoms with Crippen LogP contribution in [0.15, 0.2) is 12.1 Å². The van der Waals surface area contributed by atoms with Gasteiger partial charge in [-0.05, 0) is 56.6 Å². The molecule has 4 rings (SSSR count). The molecule has 0 atom stereocenters. The van der Waals surface area contributed by atoms with E-state index >= 15 is 0 Å². The number of amides is 4. The van der Waals surface area contributed by atoms with Crippen molar-refractivity contribution >= 4 is 44.5 Å². The lowest BCUT2D eigenvalue weighted by atomic mass is 9.77. The highest BCUT2D eigenvalue weighted by Crippen LogP contribution is 2.36. The van der Waals surface area contributed by atoms with Gasteiger partial charge in [-0.25, -0.2) is 9.78 Å². The second-order valence-corrected chi connectivity index (χ2v) is 9.03. The summed E-state index contributed by atoms with van der Waals surface area (Å²) in [6.07, 6.45) is 3.06. The fourth-order valence-electron chi connectivity index (χ4n) is 4.03. The van der Waals surface area contributed by atoms with Crippen LogP contribution in [0.1, 0.15) is 43.7 Å². The van der Waals surface area contributed by atoms with Gasteiger partial charge in [0.2, 0.25) is 5.91 Å². The van der Waals surface area contributed by atoms with Gasteiger partial charge in [0, 0.05) is 0 Å². The van der Waals surface area contributed by atoms with E-state index in [1.54, 1.807) is 0 Å². The second kappa shape index (κ2) is 6.84. The van der Waals surface area contributed by atoms with Gasteiger partial charge in [-0.15, -0.1) is 0 Å².